The monoisotopic (exact) mass is 260 g/mol. The van der Waals surface area contributed by atoms with Crippen molar-refractivity contribution in [3.63, 3.8) is 0 Å². The Hall–Kier alpha value is -1.67. The Kier molecular flexibility index (Phi) is 4.48. The molecule has 94 valence electrons. The molecule has 0 unspecified atom stereocenters. The first kappa shape index (κ1) is 12.8. The number of hydrogen-bond acceptors (Lipinski definition) is 4. The summed E-state index contributed by atoms with van der Waals surface area (Å²) in [5.41, 5.74) is 2.12. The van der Waals surface area contributed by atoms with Crippen LogP contribution in [0.25, 0.3) is 0 Å². The van der Waals surface area contributed by atoms with E-state index >= 15 is 0 Å². The Bertz CT molecular complexity index is 455. The molecule has 0 radical (unpaired) electrons. The SMILES string of the molecule is CSC(=Nc1ccc(N2CCCC2)cc1)NC#N. The molecule has 2 rings (SSSR count). The van der Waals surface area contributed by atoms with E-state index in [4.69, 9.17) is 5.26 Å². The van der Waals surface area contributed by atoms with E-state index in [1.165, 1.54) is 30.3 Å². The summed E-state index contributed by atoms with van der Waals surface area (Å²) in [7, 11) is 0. The van der Waals surface area contributed by atoms with Gasteiger partial charge in [0.15, 0.2) is 11.4 Å². The van der Waals surface area contributed by atoms with Gasteiger partial charge in [-0.25, -0.2) is 4.99 Å². The van der Waals surface area contributed by atoms with Crippen LogP contribution in [0.1, 0.15) is 12.8 Å². The second-order valence-corrected chi connectivity index (χ2v) is 4.86. The first-order chi connectivity index (χ1) is 8.83. The Morgan fingerprint density at radius 2 is 2.00 bits per heavy atom. The average molecular weight is 260 g/mol. The van der Waals surface area contributed by atoms with Crippen LogP contribution in [0.5, 0.6) is 0 Å². The van der Waals surface area contributed by atoms with Gasteiger partial charge in [0.1, 0.15) is 0 Å². The minimum atomic E-state index is 0.617. The molecule has 0 spiro atoms. The highest BCUT2D eigenvalue weighted by Gasteiger charge is 2.11. The molecular weight excluding hydrogens is 244 g/mol. The van der Waals surface area contributed by atoms with Gasteiger partial charge in [-0.2, -0.15) is 5.26 Å². The van der Waals surface area contributed by atoms with Crippen molar-refractivity contribution in [2.45, 2.75) is 12.8 Å². The summed E-state index contributed by atoms with van der Waals surface area (Å²) >= 11 is 1.42. The summed E-state index contributed by atoms with van der Waals surface area (Å²) in [6.07, 6.45) is 6.34. The maximum absolute atomic E-state index is 8.57. The number of hydrogen-bond donors (Lipinski definition) is 1. The van der Waals surface area contributed by atoms with Gasteiger partial charge in [0.05, 0.1) is 5.69 Å². The molecule has 1 aromatic carbocycles. The minimum Gasteiger partial charge on any atom is -0.372 e. The number of thioether (sulfide) groups is 1. The first-order valence-corrected chi connectivity index (χ1v) is 7.19. The van der Waals surface area contributed by atoms with Crippen LogP contribution in [0.15, 0.2) is 29.3 Å². The maximum Gasteiger partial charge on any atom is 0.183 e. The van der Waals surface area contributed by atoms with Crippen LogP contribution in [0.2, 0.25) is 0 Å². The molecule has 0 amide bonds. The van der Waals surface area contributed by atoms with Crippen LogP contribution in [-0.4, -0.2) is 24.5 Å². The highest BCUT2D eigenvalue weighted by atomic mass is 32.2. The van der Waals surface area contributed by atoms with Crippen LogP contribution in [0.4, 0.5) is 11.4 Å². The van der Waals surface area contributed by atoms with E-state index in [0.29, 0.717) is 5.17 Å². The van der Waals surface area contributed by atoms with E-state index in [1.807, 2.05) is 24.6 Å². The van der Waals surface area contributed by atoms with Gasteiger partial charge in [-0.1, -0.05) is 11.8 Å². The van der Waals surface area contributed by atoms with Crippen molar-refractivity contribution in [2.24, 2.45) is 4.99 Å². The lowest BCUT2D eigenvalue weighted by Crippen LogP contribution is -2.17. The summed E-state index contributed by atoms with van der Waals surface area (Å²) < 4.78 is 0. The molecule has 1 N–H and O–H groups in total. The quantitative estimate of drug-likeness (QED) is 0.384. The second-order valence-electron chi connectivity index (χ2n) is 4.07. The maximum atomic E-state index is 8.57. The summed E-state index contributed by atoms with van der Waals surface area (Å²) in [5, 5.41) is 11.7. The van der Waals surface area contributed by atoms with Crippen molar-refractivity contribution in [3.05, 3.63) is 24.3 Å². The van der Waals surface area contributed by atoms with Crippen molar-refractivity contribution < 1.29 is 0 Å². The predicted octanol–water partition coefficient (Wildman–Crippen LogP) is 2.71. The summed E-state index contributed by atoms with van der Waals surface area (Å²) in [6, 6.07) is 8.16. The lowest BCUT2D eigenvalue weighted by atomic mass is 10.2. The molecule has 0 atom stereocenters. The molecule has 0 aliphatic carbocycles. The number of aliphatic imine (C=N–C) groups is 1. The van der Waals surface area contributed by atoms with Crippen molar-refractivity contribution in [1.29, 1.82) is 5.26 Å². The number of amidine groups is 1. The third-order valence-corrected chi connectivity index (χ3v) is 3.49. The third kappa shape index (κ3) is 3.17. The van der Waals surface area contributed by atoms with Gasteiger partial charge < -0.3 is 4.90 Å². The number of benzene rings is 1. The highest BCUT2D eigenvalue weighted by Crippen LogP contribution is 2.23. The molecular formula is C13H16N4S. The van der Waals surface area contributed by atoms with Gasteiger partial charge in [-0.3, -0.25) is 5.32 Å². The second kappa shape index (κ2) is 6.31. The van der Waals surface area contributed by atoms with Gasteiger partial charge >= 0.3 is 0 Å². The fourth-order valence-corrected chi connectivity index (χ4v) is 2.35. The highest BCUT2D eigenvalue weighted by molar-refractivity contribution is 8.13. The zero-order valence-electron chi connectivity index (χ0n) is 10.4. The zero-order valence-corrected chi connectivity index (χ0v) is 11.2. The largest absolute Gasteiger partial charge is 0.372 e. The summed E-state index contributed by atoms with van der Waals surface area (Å²) in [5.74, 6) is 0. The third-order valence-electron chi connectivity index (χ3n) is 2.91. The van der Waals surface area contributed by atoms with Gasteiger partial charge in [-0.05, 0) is 43.4 Å². The molecule has 0 bridgehead atoms. The van der Waals surface area contributed by atoms with Crippen LogP contribution >= 0.6 is 11.8 Å². The van der Waals surface area contributed by atoms with E-state index in [2.05, 4.69) is 27.3 Å². The number of rotatable bonds is 2. The number of anilines is 1. The normalized spacial score (nSPS) is 15.6. The molecule has 0 saturated carbocycles. The Labute approximate surface area is 112 Å². The van der Waals surface area contributed by atoms with Crippen LogP contribution in [0.3, 0.4) is 0 Å². The van der Waals surface area contributed by atoms with Crippen LogP contribution in [0, 0.1) is 11.5 Å². The number of nitrogens with one attached hydrogen (secondary N) is 1. The smallest absolute Gasteiger partial charge is 0.183 e. The van der Waals surface area contributed by atoms with Gasteiger partial charge in [-0.15, -0.1) is 0 Å². The van der Waals surface area contributed by atoms with E-state index in [9.17, 15) is 0 Å². The van der Waals surface area contributed by atoms with Crippen LogP contribution < -0.4 is 10.2 Å². The van der Waals surface area contributed by atoms with Gasteiger partial charge in [0.2, 0.25) is 0 Å². The molecule has 1 aromatic rings. The average Bonchev–Trinajstić information content (AvgIpc) is 2.93. The molecule has 1 fully saturated rings. The number of nitrogens with zero attached hydrogens (tertiary/aromatic N) is 3. The summed E-state index contributed by atoms with van der Waals surface area (Å²) in [6.45, 7) is 2.29. The predicted molar refractivity (Wildman–Crippen MR) is 77.2 cm³/mol. The lowest BCUT2D eigenvalue weighted by molar-refractivity contribution is 0.949. The minimum absolute atomic E-state index is 0.617. The molecule has 18 heavy (non-hydrogen) atoms. The van der Waals surface area contributed by atoms with Crippen molar-refractivity contribution in [2.75, 3.05) is 24.2 Å². The van der Waals surface area contributed by atoms with E-state index in [1.54, 1.807) is 0 Å². The molecule has 1 saturated heterocycles. The van der Waals surface area contributed by atoms with E-state index in [-0.39, 0.29) is 0 Å². The Balaban J connectivity index is 2.09. The molecule has 5 heteroatoms. The molecule has 1 aliphatic rings. The number of nitriles is 1. The van der Waals surface area contributed by atoms with E-state index < -0.39 is 0 Å². The van der Waals surface area contributed by atoms with Gasteiger partial charge in [0, 0.05) is 18.8 Å². The first-order valence-electron chi connectivity index (χ1n) is 5.96. The van der Waals surface area contributed by atoms with Crippen molar-refractivity contribution >= 4 is 28.3 Å². The molecule has 1 heterocycles. The Morgan fingerprint density at radius 3 is 2.56 bits per heavy atom. The van der Waals surface area contributed by atoms with Crippen LogP contribution in [-0.2, 0) is 0 Å². The zero-order chi connectivity index (χ0) is 12.8. The molecule has 4 nitrogen and oxygen atoms in total. The Morgan fingerprint density at radius 1 is 1.33 bits per heavy atom. The fourth-order valence-electron chi connectivity index (χ4n) is 2.00. The molecule has 0 aromatic heterocycles. The molecule has 1 aliphatic heterocycles. The standard InChI is InChI=1S/C13H16N4S/c1-18-13(15-10-14)16-11-4-6-12(7-5-11)17-8-2-3-9-17/h4-7H,2-3,8-9H2,1H3,(H,15,16). The topological polar surface area (TPSA) is 51.4 Å². The van der Waals surface area contributed by atoms with E-state index in [0.717, 1.165) is 18.8 Å². The van der Waals surface area contributed by atoms with Crippen molar-refractivity contribution in [1.82, 2.24) is 5.32 Å². The fraction of sp³-hybridized carbons (Fsp3) is 0.385. The van der Waals surface area contributed by atoms with Crippen molar-refractivity contribution in [3.8, 4) is 6.19 Å². The lowest BCUT2D eigenvalue weighted by Gasteiger charge is -2.17. The van der Waals surface area contributed by atoms with Gasteiger partial charge in [0.25, 0.3) is 0 Å². The summed E-state index contributed by atoms with van der Waals surface area (Å²) in [4.78, 5) is 6.75.